The number of carbonyl (C=O) groups excluding carboxylic acids is 2. The SMILES string of the molecule is CC[C@H]1CN(c2nc(N)c(C(=O)NC3CC3)nc2C)[C@H](C)CN1C1CCN(C(=O)c2ccc(Cl)cc2)CC1. The van der Waals surface area contributed by atoms with Gasteiger partial charge in [-0.25, -0.2) is 9.97 Å². The highest BCUT2D eigenvalue weighted by Crippen LogP contribution is 2.31. The summed E-state index contributed by atoms with van der Waals surface area (Å²) in [5.74, 6) is 0.784. The van der Waals surface area contributed by atoms with Crippen LogP contribution in [0.15, 0.2) is 24.3 Å². The van der Waals surface area contributed by atoms with Crippen molar-refractivity contribution in [2.75, 3.05) is 36.8 Å². The van der Waals surface area contributed by atoms with E-state index in [9.17, 15) is 9.59 Å². The summed E-state index contributed by atoms with van der Waals surface area (Å²) in [6.45, 7) is 9.57. The van der Waals surface area contributed by atoms with E-state index >= 15 is 0 Å². The number of benzene rings is 1. The molecule has 2 aliphatic heterocycles. The molecule has 2 atom stereocenters. The number of nitrogens with zero attached hydrogens (tertiary/aromatic N) is 5. The van der Waals surface area contributed by atoms with Crippen LogP contribution in [0.4, 0.5) is 11.6 Å². The van der Waals surface area contributed by atoms with Gasteiger partial charge in [0.15, 0.2) is 17.3 Å². The number of carbonyl (C=O) groups is 2. The van der Waals surface area contributed by atoms with Crippen LogP contribution in [0.5, 0.6) is 0 Å². The maximum absolute atomic E-state index is 13.0. The highest BCUT2D eigenvalue weighted by Gasteiger charge is 2.38. The average Bonchev–Trinajstić information content (AvgIpc) is 3.74. The Hall–Kier alpha value is -2.91. The van der Waals surface area contributed by atoms with Crippen LogP contribution in [0.25, 0.3) is 0 Å². The summed E-state index contributed by atoms with van der Waals surface area (Å²) < 4.78 is 0. The molecule has 3 N–H and O–H groups in total. The number of piperidine rings is 1. The Labute approximate surface area is 229 Å². The zero-order chi connectivity index (χ0) is 27.0. The van der Waals surface area contributed by atoms with E-state index in [0.29, 0.717) is 22.7 Å². The number of halogens is 1. The summed E-state index contributed by atoms with van der Waals surface area (Å²) in [6, 6.07) is 8.38. The Kier molecular flexibility index (Phi) is 7.77. The van der Waals surface area contributed by atoms with Gasteiger partial charge in [0.1, 0.15) is 0 Å². The van der Waals surface area contributed by atoms with Gasteiger partial charge in [0.25, 0.3) is 11.8 Å². The first-order valence-electron chi connectivity index (χ1n) is 13.8. The minimum Gasteiger partial charge on any atom is -0.382 e. The first kappa shape index (κ1) is 26.7. The Bertz CT molecular complexity index is 1180. The third kappa shape index (κ3) is 5.59. The van der Waals surface area contributed by atoms with Crippen LogP contribution in [0.3, 0.4) is 0 Å². The lowest BCUT2D eigenvalue weighted by molar-refractivity contribution is 0.0434. The normalized spacial score (nSPS) is 22.9. The Morgan fingerprint density at radius 2 is 1.76 bits per heavy atom. The quantitative estimate of drug-likeness (QED) is 0.578. The van der Waals surface area contributed by atoms with Crippen LogP contribution in [-0.4, -0.2) is 81.9 Å². The third-order valence-corrected chi connectivity index (χ3v) is 8.39. The summed E-state index contributed by atoms with van der Waals surface area (Å²) in [4.78, 5) is 41.7. The second kappa shape index (κ2) is 11.1. The fourth-order valence-corrected chi connectivity index (χ4v) is 5.92. The number of likely N-dealkylation sites (tertiary alicyclic amines) is 1. The van der Waals surface area contributed by atoms with E-state index in [1.54, 1.807) is 24.3 Å². The lowest BCUT2D eigenvalue weighted by Gasteiger charge is -2.50. The van der Waals surface area contributed by atoms with Crippen molar-refractivity contribution in [3.8, 4) is 0 Å². The largest absolute Gasteiger partial charge is 0.382 e. The van der Waals surface area contributed by atoms with Gasteiger partial charge in [-0.15, -0.1) is 0 Å². The van der Waals surface area contributed by atoms with Gasteiger partial charge in [-0.3, -0.25) is 14.5 Å². The molecular weight excluding hydrogens is 502 g/mol. The molecule has 1 aliphatic carbocycles. The molecule has 204 valence electrons. The molecule has 10 heteroatoms. The monoisotopic (exact) mass is 539 g/mol. The predicted molar refractivity (Wildman–Crippen MR) is 150 cm³/mol. The maximum atomic E-state index is 13.0. The number of nitrogens with two attached hydrogens (primary N) is 1. The molecule has 3 aliphatic rings. The van der Waals surface area contributed by atoms with Crippen molar-refractivity contribution in [3.05, 3.63) is 46.2 Å². The van der Waals surface area contributed by atoms with E-state index < -0.39 is 0 Å². The lowest BCUT2D eigenvalue weighted by atomic mass is 9.96. The van der Waals surface area contributed by atoms with Crippen LogP contribution >= 0.6 is 11.6 Å². The molecule has 0 spiro atoms. The van der Waals surface area contributed by atoms with E-state index in [1.807, 2.05) is 11.8 Å². The number of piperazine rings is 1. The molecule has 1 aromatic heterocycles. The molecule has 1 aromatic carbocycles. The molecule has 3 fully saturated rings. The van der Waals surface area contributed by atoms with Gasteiger partial charge in [-0.1, -0.05) is 18.5 Å². The maximum Gasteiger partial charge on any atom is 0.273 e. The van der Waals surface area contributed by atoms with Gasteiger partial charge in [0.05, 0.1) is 5.69 Å². The van der Waals surface area contributed by atoms with Crippen LogP contribution < -0.4 is 16.0 Å². The minimum absolute atomic E-state index is 0.0752. The van der Waals surface area contributed by atoms with E-state index in [1.165, 1.54) is 0 Å². The smallest absolute Gasteiger partial charge is 0.273 e. The second-order valence-corrected chi connectivity index (χ2v) is 11.3. The molecule has 38 heavy (non-hydrogen) atoms. The van der Waals surface area contributed by atoms with Crippen molar-refractivity contribution in [3.63, 3.8) is 0 Å². The summed E-state index contributed by atoms with van der Waals surface area (Å²) in [5, 5.41) is 3.59. The highest BCUT2D eigenvalue weighted by molar-refractivity contribution is 6.30. The van der Waals surface area contributed by atoms with Gasteiger partial charge in [-0.2, -0.15) is 0 Å². The molecule has 0 unspecified atom stereocenters. The highest BCUT2D eigenvalue weighted by atomic mass is 35.5. The van der Waals surface area contributed by atoms with Crippen molar-refractivity contribution >= 4 is 35.1 Å². The number of amides is 2. The number of nitrogen functional groups attached to an aromatic ring is 1. The number of aryl methyl sites for hydroxylation is 1. The van der Waals surface area contributed by atoms with Crippen molar-refractivity contribution in [1.82, 2.24) is 25.1 Å². The fraction of sp³-hybridized carbons (Fsp3) is 0.571. The zero-order valence-electron chi connectivity index (χ0n) is 22.5. The first-order valence-corrected chi connectivity index (χ1v) is 14.1. The fourth-order valence-electron chi connectivity index (χ4n) is 5.79. The molecule has 0 radical (unpaired) electrons. The third-order valence-electron chi connectivity index (χ3n) is 8.14. The topological polar surface area (TPSA) is 108 Å². The van der Waals surface area contributed by atoms with Crippen molar-refractivity contribution in [1.29, 1.82) is 0 Å². The van der Waals surface area contributed by atoms with Crippen LogP contribution in [0.2, 0.25) is 5.02 Å². The number of hydrogen-bond donors (Lipinski definition) is 2. The molecule has 9 nitrogen and oxygen atoms in total. The molecule has 0 bridgehead atoms. The molecule has 2 amide bonds. The number of aromatic nitrogens is 2. The van der Waals surface area contributed by atoms with E-state index in [-0.39, 0.29) is 35.4 Å². The Balaban J connectivity index is 1.24. The van der Waals surface area contributed by atoms with Crippen LogP contribution in [-0.2, 0) is 0 Å². The molecule has 2 saturated heterocycles. The summed E-state index contributed by atoms with van der Waals surface area (Å²) >= 11 is 5.99. The van der Waals surface area contributed by atoms with Gasteiger partial charge < -0.3 is 20.9 Å². The number of anilines is 2. The number of nitrogens with one attached hydrogen (secondary N) is 1. The zero-order valence-corrected chi connectivity index (χ0v) is 23.2. The van der Waals surface area contributed by atoms with Gasteiger partial charge in [0, 0.05) is 60.9 Å². The standard InChI is InChI=1S/C28H38ClN7O2/c1-4-22-16-35(26-18(3)31-24(25(30)33-26)27(37)32-21-9-10-21)17(2)15-36(22)23-11-13-34(14-12-23)28(38)19-5-7-20(29)8-6-19/h5-8,17,21-23H,4,9-16H2,1-3H3,(H2,30,33)(H,32,37)/t17-,22+/m1/s1. The van der Waals surface area contributed by atoms with Crippen LogP contribution in [0.1, 0.15) is 72.5 Å². The van der Waals surface area contributed by atoms with Gasteiger partial charge >= 0.3 is 0 Å². The number of rotatable bonds is 6. The van der Waals surface area contributed by atoms with Gasteiger partial charge in [0.2, 0.25) is 0 Å². The Morgan fingerprint density at radius 3 is 2.39 bits per heavy atom. The van der Waals surface area contributed by atoms with E-state index in [0.717, 1.165) is 69.8 Å². The second-order valence-electron chi connectivity index (χ2n) is 10.9. The first-order chi connectivity index (χ1) is 18.2. The van der Waals surface area contributed by atoms with E-state index in [4.69, 9.17) is 17.3 Å². The number of hydrogen-bond acceptors (Lipinski definition) is 7. The minimum atomic E-state index is -0.239. The molecule has 1 saturated carbocycles. The van der Waals surface area contributed by atoms with Crippen molar-refractivity contribution in [2.45, 2.75) is 77.0 Å². The van der Waals surface area contributed by atoms with E-state index in [2.05, 4.69) is 38.9 Å². The summed E-state index contributed by atoms with van der Waals surface area (Å²) in [5.41, 5.74) is 7.86. The summed E-state index contributed by atoms with van der Waals surface area (Å²) in [6.07, 6.45) is 4.94. The van der Waals surface area contributed by atoms with Crippen LogP contribution in [0, 0.1) is 6.92 Å². The predicted octanol–water partition coefficient (Wildman–Crippen LogP) is 3.51. The van der Waals surface area contributed by atoms with Gasteiger partial charge in [-0.05, 0) is 70.2 Å². The molecule has 5 rings (SSSR count). The average molecular weight is 540 g/mol. The molecular formula is C28H38ClN7O2. The summed E-state index contributed by atoms with van der Waals surface area (Å²) in [7, 11) is 0. The van der Waals surface area contributed by atoms with Crippen molar-refractivity contribution < 1.29 is 9.59 Å². The molecule has 3 heterocycles. The van der Waals surface area contributed by atoms with Crippen molar-refractivity contribution in [2.24, 2.45) is 0 Å². The molecule has 2 aromatic rings. The lowest BCUT2D eigenvalue weighted by Crippen LogP contribution is -2.62. The Morgan fingerprint density at radius 1 is 1.08 bits per heavy atom.